The van der Waals surface area contributed by atoms with E-state index >= 15 is 0 Å². The number of anilines is 1. The zero-order chi connectivity index (χ0) is 14.8. The summed E-state index contributed by atoms with van der Waals surface area (Å²) in [5.41, 5.74) is 0. The van der Waals surface area contributed by atoms with Gasteiger partial charge in [0.15, 0.2) is 0 Å². The molecule has 1 aromatic rings. The molecule has 2 aliphatic rings. The predicted octanol–water partition coefficient (Wildman–Crippen LogP) is 0.153. The number of aromatic nitrogens is 1. The van der Waals surface area contributed by atoms with Crippen LogP contribution >= 0.6 is 11.6 Å². The summed E-state index contributed by atoms with van der Waals surface area (Å²) in [6.45, 7) is 2.01. The minimum absolute atomic E-state index is 0.0366. The molecule has 0 bridgehead atoms. The number of nitrogens with zero attached hydrogens (tertiary/aromatic N) is 2. The smallest absolute Gasteiger partial charge is 0.237 e. The fourth-order valence-corrected chi connectivity index (χ4v) is 3.14. The molecule has 21 heavy (non-hydrogen) atoms. The lowest BCUT2D eigenvalue weighted by Gasteiger charge is -2.20. The topological polar surface area (TPSA) is 77.5 Å². The Kier molecular flexibility index (Phi) is 4.28. The van der Waals surface area contributed by atoms with Gasteiger partial charge in [0.2, 0.25) is 5.91 Å². The fraction of sp³-hybridized carbons (Fsp3) is 0.571. The van der Waals surface area contributed by atoms with E-state index in [1.54, 1.807) is 12.3 Å². The van der Waals surface area contributed by atoms with E-state index in [0.717, 1.165) is 18.8 Å². The van der Waals surface area contributed by atoms with Crippen molar-refractivity contribution >= 4 is 23.3 Å². The molecule has 114 valence electrons. The molecule has 0 aromatic carbocycles. The molecule has 0 aliphatic carbocycles. The van der Waals surface area contributed by atoms with Crippen LogP contribution in [-0.4, -0.2) is 53.8 Å². The van der Waals surface area contributed by atoms with Gasteiger partial charge >= 0.3 is 0 Å². The summed E-state index contributed by atoms with van der Waals surface area (Å²) in [4.78, 5) is 18.5. The second-order valence-electron chi connectivity index (χ2n) is 5.60. The summed E-state index contributed by atoms with van der Waals surface area (Å²) in [6.07, 6.45) is 2.65. The Morgan fingerprint density at radius 2 is 2.43 bits per heavy atom. The van der Waals surface area contributed by atoms with Crippen LogP contribution in [0.2, 0.25) is 5.02 Å². The van der Waals surface area contributed by atoms with Crippen LogP contribution in [0, 0.1) is 0 Å². The van der Waals surface area contributed by atoms with E-state index in [1.807, 2.05) is 6.07 Å². The van der Waals surface area contributed by atoms with Gasteiger partial charge in [0.05, 0.1) is 17.2 Å². The number of pyridine rings is 1. The lowest BCUT2D eigenvalue weighted by Crippen LogP contribution is -2.46. The van der Waals surface area contributed by atoms with Gasteiger partial charge in [-0.25, -0.2) is 4.98 Å². The number of aliphatic hydroxyl groups excluding tert-OH is 1. The van der Waals surface area contributed by atoms with E-state index in [-0.39, 0.29) is 18.0 Å². The molecule has 6 nitrogen and oxygen atoms in total. The minimum Gasteiger partial charge on any atom is -0.392 e. The molecule has 3 heterocycles. The molecule has 1 amide bonds. The van der Waals surface area contributed by atoms with Crippen molar-refractivity contribution in [3.63, 3.8) is 0 Å². The highest BCUT2D eigenvalue weighted by atomic mass is 35.5. The van der Waals surface area contributed by atoms with E-state index in [4.69, 9.17) is 11.6 Å². The number of amides is 1. The number of carbonyl (C=O) groups is 1. The Labute approximate surface area is 128 Å². The van der Waals surface area contributed by atoms with Crippen LogP contribution in [0.3, 0.4) is 0 Å². The van der Waals surface area contributed by atoms with E-state index < -0.39 is 6.10 Å². The zero-order valence-corrected chi connectivity index (χ0v) is 12.4. The van der Waals surface area contributed by atoms with Crippen molar-refractivity contribution in [1.82, 2.24) is 15.6 Å². The first-order chi connectivity index (χ1) is 10.1. The molecule has 2 saturated heterocycles. The minimum atomic E-state index is -0.423. The van der Waals surface area contributed by atoms with Crippen molar-refractivity contribution in [1.29, 1.82) is 0 Å². The van der Waals surface area contributed by atoms with E-state index in [2.05, 4.69) is 20.5 Å². The lowest BCUT2D eigenvalue weighted by atomic mass is 10.1. The third-order valence-electron chi connectivity index (χ3n) is 4.00. The number of halogens is 1. The normalized spacial score (nSPS) is 28.9. The van der Waals surface area contributed by atoms with E-state index in [0.29, 0.717) is 24.5 Å². The van der Waals surface area contributed by atoms with Crippen LogP contribution in [-0.2, 0) is 4.79 Å². The van der Waals surface area contributed by atoms with Crippen molar-refractivity contribution in [2.24, 2.45) is 0 Å². The van der Waals surface area contributed by atoms with Crippen LogP contribution in [0.4, 0.5) is 5.82 Å². The quantitative estimate of drug-likeness (QED) is 0.741. The molecule has 2 aliphatic heterocycles. The van der Waals surface area contributed by atoms with Gasteiger partial charge in [-0.3, -0.25) is 4.79 Å². The first kappa shape index (κ1) is 14.6. The summed E-state index contributed by atoms with van der Waals surface area (Å²) >= 11 is 6.15. The van der Waals surface area contributed by atoms with Crippen molar-refractivity contribution in [3.05, 3.63) is 23.4 Å². The van der Waals surface area contributed by atoms with Crippen molar-refractivity contribution < 1.29 is 9.90 Å². The number of nitrogens with one attached hydrogen (secondary N) is 2. The van der Waals surface area contributed by atoms with Crippen LogP contribution in [0.25, 0.3) is 0 Å². The SMILES string of the molecule is O=C(N[C@@H]1CCN(c2ncccc2Cl)C1)[C@H]1C[C@H](O)CN1. The Hall–Kier alpha value is -1.37. The number of hydrogen-bond acceptors (Lipinski definition) is 5. The maximum Gasteiger partial charge on any atom is 0.237 e. The van der Waals surface area contributed by atoms with Crippen molar-refractivity contribution in [2.45, 2.75) is 31.0 Å². The molecule has 3 atom stereocenters. The Bertz CT molecular complexity index is 527. The molecule has 3 N–H and O–H groups in total. The maximum atomic E-state index is 12.1. The molecule has 0 spiro atoms. The predicted molar refractivity (Wildman–Crippen MR) is 80.4 cm³/mol. The van der Waals surface area contributed by atoms with Crippen LogP contribution in [0.15, 0.2) is 18.3 Å². The average Bonchev–Trinajstić information content (AvgIpc) is 3.08. The van der Waals surface area contributed by atoms with Gasteiger partial charge in [-0.15, -0.1) is 0 Å². The number of aliphatic hydroxyl groups is 1. The van der Waals surface area contributed by atoms with Crippen molar-refractivity contribution in [3.8, 4) is 0 Å². The number of hydrogen-bond donors (Lipinski definition) is 3. The first-order valence-corrected chi connectivity index (χ1v) is 7.58. The Morgan fingerprint density at radius 1 is 1.57 bits per heavy atom. The standard InChI is InChI=1S/C14H19ClN4O2/c15-11-2-1-4-16-13(11)19-5-3-9(8-19)18-14(21)12-6-10(20)7-17-12/h1-2,4,9-10,12,17,20H,3,5-8H2,(H,18,21)/t9-,10+,12-/m1/s1. The average molecular weight is 311 g/mol. The molecule has 0 saturated carbocycles. The summed E-state index contributed by atoms with van der Waals surface area (Å²) in [6, 6.07) is 3.43. The van der Waals surface area contributed by atoms with Crippen LogP contribution < -0.4 is 15.5 Å². The fourth-order valence-electron chi connectivity index (χ4n) is 2.90. The second-order valence-corrected chi connectivity index (χ2v) is 6.01. The summed E-state index contributed by atoms with van der Waals surface area (Å²) < 4.78 is 0. The number of β-amino-alcohol motifs (C(OH)–C–C–N with tert-alkyl or cyclic N) is 1. The first-order valence-electron chi connectivity index (χ1n) is 7.21. The highest BCUT2D eigenvalue weighted by Crippen LogP contribution is 2.25. The van der Waals surface area contributed by atoms with Gasteiger partial charge in [-0.2, -0.15) is 0 Å². The molecular formula is C14H19ClN4O2. The Morgan fingerprint density at radius 3 is 3.14 bits per heavy atom. The van der Waals surface area contributed by atoms with Gasteiger partial charge in [-0.1, -0.05) is 11.6 Å². The van der Waals surface area contributed by atoms with Gasteiger partial charge in [-0.05, 0) is 25.0 Å². The number of carbonyl (C=O) groups excluding carboxylic acids is 1. The molecule has 7 heteroatoms. The molecule has 2 fully saturated rings. The number of rotatable bonds is 3. The molecule has 0 radical (unpaired) electrons. The lowest BCUT2D eigenvalue weighted by molar-refractivity contribution is -0.123. The zero-order valence-electron chi connectivity index (χ0n) is 11.6. The van der Waals surface area contributed by atoms with E-state index in [9.17, 15) is 9.90 Å². The van der Waals surface area contributed by atoms with Gasteiger partial charge in [0, 0.05) is 31.9 Å². The van der Waals surface area contributed by atoms with Gasteiger partial charge in [0.1, 0.15) is 5.82 Å². The summed E-state index contributed by atoms with van der Waals surface area (Å²) in [7, 11) is 0. The van der Waals surface area contributed by atoms with E-state index in [1.165, 1.54) is 0 Å². The van der Waals surface area contributed by atoms with Gasteiger partial charge < -0.3 is 20.6 Å². The third-order valence-corrected chi connectivity index (χ3v) is 4.29. The summed E-state index contributed by atoms with van der Waals surface area (Å²) in [5, 5.41) is 16.1. The van der Waals surface area contributed by atoms with Crippen LogP contribution in [0.1, 0.15) is 12.8 Å². The molecule has 3 rings (SSSR count). The third kappa shape index (κ3) is 3.28. The molecule has 1 aromatic heterocycles. The highest BCUT2D eigenvalue weighted by Gasteiger charge is 2.31. The second kappa shape index (κ2) is 6.17. The molecule has 0 unspecified atom stereocenters. The maximum absolute atomic E-state index is 12.1. The van der Waals surface area contributed by atoms with Crippen LogP contribution in [0.5, 0.6) is 0 Å². The largest absolute Gasteiger partial charge is 0.392 e. The highest BCUT2D eigenvalue weighted by molar-refractivity contribution is 6.32. The van der Waals surface area contributed by atoms with Crippen molar-refractivity contribution in [2.75, 3.05) is 24.5 Å². The Balaban J connectivity index is 1.55. The van der Waals surface area contributed by atoms with Gasteiger partial charge in [0.25, 0.3) is 0 Å². The summed E-state index contributed by atoms with van der Waals surface area (Å²) in [5.74, 6) is 0.732. The molecular weight excluding hydrogens is 292 g/mol. The monoisotopic (exact) mass is 310 g/mol.